The lowest BCUT2D eigenvalue weighted by molar-refractivity contribution is -0.145. The summed E-state index contributed by atoms with van der Waals surface area (Å²) in [5, 5.41) is 12.1. The molecule has 7 heteroatoms. The largest absolute Gasteiger partial charge is 0.480 e. The van der Waals surface area contributed by atoms with E-state index in [-0.39, 0.29) is 49.4 Å². The lowest BCUT2D eigenvalue weighted by Crippen LogP contribution is -2.50. The highest BCUT2D eigenvalue weighted by Crippen LogP contribution is 2.50. The molecule has 2 aromatic rings. The van der Waals surface area contributed by atoms with Gasteiger partial charge in [-0.1, -0.05) is 54.6 Å². The molecule has 2 aromatic carbocycles. The van der Waals surface area contributed by atoms with Crippen LogP contribution in [0, 0.1) is 17.8 Å². The molecule has 182 valence electrons. The van der Waals surface area contributed by atoms with Crippen LogP contribution in [0.1, 0.15) is 36.3 Å². The van der Waals surface area contributed by atoms with Gasteiger partial charge < -0.3 is 20.1 Å². The zero-order chi connectivity index (χ0) is 24.5. The van der Waals surface area contributed by atoms with Crippen LogP contribution >= 0.6 is 0 Å². The normalized spacial score (nSPS) is 23.9. The van der Waals surface area contributed by atoms with E-state index in [1.807, 2.05) is 24.3 Å². The highest BCUT2D eigenvalue weighted by atomic mass is 16.5. The van der Waals surface area contributed by atoms with Crippen molar-refractivity contribution in [3.8, 4) is 11.1 Å². The molecule has 7 nitrogen and oxygen atoms in total. The summed E-state index contributed by atoms with van der Waals surface area (Å²) >= 11 is 0. The number of ether oxygens (including phenoxy) is 1. The van der Waals surface area contributed by atoms with Crippen molar-refractivity contribution in [1.82, 2.24) is 10.2 Å². The number of hydrogen-bond donors (Lipinski definition) is 2. The van der Waals surface area contributed by atoms with Crippen LogP contribution in [0.5, 0.6) is 0 Å². The Kier molecular flexibility index (Phi) is 6.32. The van der Waals surface area contributed by atoms with Gasteiger partial charge in [0.2, 0.25) is 5.91 Å². The number of carbonyl (C=O) groups excluding carboxylic acids is 2. The summed E-state index contributed by atoms with van der Waals surface area (Å²) in [7, 11) is 0. The second-order valence-electron chi connectivity index (χ2n) is 9.81. The smallest absolute Gasteiger partial charge is 0.407 e. The van der Waals surface area contributed by atoms with E-state index in [0.717, 1.165) is 12.8 Å². The fourth-order valence-electron chi connectivity index (χ4n) is 6.20. The first-order chi connectivity index (χ1) is 17.0. The predicted octanol–water partition coefficient (Wildman–Crippen LogP) is 4.04. The Balaban J connectivity index is 1.15. The highest BCUT2D eigenvalue weighted by molar-refractivity contribution is 5.83. The van der Waals surface area contributed by atoms with Crippen molar-refractivity contribution in [2.75, 3.05) is 19.7 Å². The van der Waals surface area contributed by atoms with Crippen molar-refractivity contribution < 1.29 is 24.2 Å². The van der Waals surface area contributed by atoms with Gasteiger partial charge in [-0.3, -0.25) is 9.59 Å². The maximum atomic E-state index is 12.9. The molecule has 5 rings (SSSR count). The Hall–Kier alpha value is -3.61. The molecule has 4 atom stereocenters. The molecule has 4 unspecified atom stereocenters. The first kappa shape index (κ1) is 23.1. The van der Waals surface area contributed by atoms with Crippen LogP contribution in [0.25, 0.3) is 11.1 Å². The zero-order valence-corrected chi connectivity index (χ0v) is 19.6. The number of aliphatic carboxylic acids is 1. The monoisotopic (exact) mass is 474 g/mol. The number of alkyl carbamates (subject to hydrolysis) is 1. The van der Waals surface area contributed by atoms with Crippen molar-refractivity contribution in [1.29, 1.82) is 0 Å². The molecule has 0 aliphatic heterocycles. The average Bonchev–Trinajstić information content (AvgIpc) is 3.35. The minimum atomic E-state index is -1.03. The van der Waals surface area contributed by atoms with Crippen molar-refractivity contribution >= 4 is 18.0 Å². The summed E-state index contributed by atoms with van der Waals surface area (Å²) in [6, 6.07) is 16.4. The van der Waals surface area contributed by atoms with Crippen LogP contribution in [-0.4, -0.2) is 53.7 Å². The van der Waals surface area contributed by atoms with Crippen LogP contribution in [-0.2, 0) is 14.3 Å². The number of fused-ring (bicyclic) bond motifs is 4. The van der Waals surface area contributed by atoms with Gasteiger partial charge in [-0.05, 0) is 53.4 Å². The zero-order valence-electron chi connectivity index (χ0n) is 19.6. The van der Waals surface area contributed by atoms with Crippen LogP contribution in [0.2, 0.25) is 0 Å². The SMILES string of the molecule is C=CCN(CC(=O)O)C(=O)C1CC2CC(NC(=O)OCC3c4ccccc4-c4ccccc43)C2C1. The first-order valence-electron chi connectivity index (χ1n) is 12.2. The number of carboxylic acids is 1. The second kappa shape index (κ2) is 9.56. The Bertz CT molecular complexity index is 1120. The van der Waals surface area contributed by atoms with E-state index in [0.29, 0.717) is 12.3 Å². The summed E-state index contributed by atoms with van der Waals surface area (Å²) in [5.41, 5.74) is 4.73. The van der Waals surface area contributed by atoms with Gasteiger partial charge >= 0.3 is 12.1 Å². The molecule has 2 fully saturated rings. The summed E-state index contributed by atoms with van der Waals surface area (Å²) < 4.78 is 5.68. The third kappa shape index (κ3) is 4.43. The summed E-state index contributed by atoms with van der Waals surface area (Å²) in [6.07, 6.45) is 3.33. The number of rotatable bonds is 8. The molecule has 35 heavy (non-hydrogen) atoms. The summed E-state index contributed by atoms with van der Waals surface area (Å²) in [4.78, 5) is 38.0. The molecule has 3 aliphatic carbocycles. The summed E-state index contributed by atoms with van der Waals surface area (Å²) in [6.45, 7) is 3.80. The van der Waals surface area contributed by atoms with Crippen LogP contribution in [0.4, 0.5) is 4.79 Å². The van der Waals surface area contributed by atoms with Gasteiger partial charge in [0.25, 0.3) is 0 Å². The van der Waals surface area contributed by atoms with Gasteiger partial charge in [0.05, 0.1) is 0 Å². The first-order valence-corrected chi connectivity index (χ1v) is 12.2. The molecule has 0 spiro atoms. The van der Waals surface area contributed by atoms with Crippen LogP contribution < -0.4 is 5.32 Å². The number of nitrogens with zero attached hydrogens (tertiary/aromatic N) is 1. The topological polar surface area (TPSA) is 95.9 Å². The van der Waals surface area contributed by atoms with Crippen LogP contribution in [0.3, 0.4) is 0 Å². The molecule has 2 amide bonds. The Labute approximate surface area is 204 Å². The fraction of sp³-hybridized carbons (Fsp3) is 0.393. The van der Waals surface area contributed by atoms with E-state index in [1.165, 1.54) is 27.2 Å². The Morgan fingerprint density at radius 1 is 1.03 bits per heavy atom. The lowest BCUT2D eigenvalue weighted by atomic mass is 9.71. The Morgan fingerprint density at radius 2 is 1.69 bits per heavy atom. The van der Waals surface area contributed by atoms with Gasteiger partial charge in [-0.15, -0.1) is 6.58 Å². The van der Waals surface area contributed by atoms with E-state index in [2.05, 4.69) is 36.2 Å². The number of carbonyl (C=O) groups is 3. The number of benzene rings is 2. The predicted molar refractivity (Wildman–Crippen MR) is 131 cm³/mol. The average molecular weight is 475 g/mol. The van der Waals surface area contributed by atoms with E-state index in [1.54, 1.807) is 6.08 Å². The minimum Gasteiger partial charge on any atom is -0.480 e. The maximum Gasteiger partial charge on any atom is 0.407 e. The van der Waals surface area contributed by atoms with Gasteiger partial charge in [-0.2, -0.15) is 0 Å². The summed E-state index contributed by atoms with van der Waals surface area (Å²) in [5.74, 6) is -0.768. The molecule has 3 aliphatic rings. The molecule has 0 heterocycles. The minimum absolute atomic E-state index is 0.0132. The standard InChI is InChI=1S/C28H30N2O5/c1-2-11-30(15-26(31)32)27(33)18-12-17-14-25(23(17)13-18)29-28(34)35-16-24-21-9-5-3-7-19(21)20-8-4-6-10-22(20)24/h2-10,17-18,23-25H,1,11-16H2,(H,29,34)(H,31,32). The molecule has 0 radical (unpaired) electrons. The maximum absolute atomic E-state index is 12.9. The quantitative estimate of drug-likeness (QED) is 0.563. The number of carboxylic acid groups (broad SMARTS) is 1. The number of hydrogen-bond acceptors (Lipinski definition) is 4. The van der Waals surface area contributed by atoms with Gasteiger partial charge in [0, 0.05) is 24.4 Å². The highest BCUT2D eigenvalue weighted by Gasteiger charge is 2.50. The van der Waals surface area contributed by atoms with Gasteiger partial charge in [-0.25, -0.2) is 4.79 Å². The van der Waals surface area contributed by atoms with Gasteiger partial charge in [0.1, 0.15) is 13.2 Å². The molecule has 0 bridgehead atoms. The molecular formula is C28H30N2O5. The van der Waals surface area contributed by atoms with Crippen molar-refractivity contribution in [3.05, 3.63) is 72.3 Å². The third-order valence-corrected chi connectivity index (χ3v) is 7.81. The van der Waals surface area contributed by atoms with E-state index in [4.69, 9.17) is 9.84 Å². The third-order valence-electron chi connectivity index (χ3n) is 7.81. The Morgan fingerprint density at radius 3 is 2.31 bits per heavy atom. The second-order valence-corrected chi connectivity index (χ2v) is 9.81. The molecular weight excluding hydrogens is 444 g/mol. The number of amides is 2. The molecule has 0 aromatic heterocycles. The van der Waals surface area contributed by atoms with E-state index < -0.39 is 12.1 Å². The molecule has 0 saturated heterocycles. The lowest BCUT2D eigenvalue weighted by Gasteiger charge is -2.40. The van der Waals surface area contributed by atoms with Crippen molar-refractivity contribution in [3.63, 3.8) is 0 Å². The molecule has 2 saturated carbocycles. The fourth-order valence-corrected chi connectivity index (χ4v) is 6.20. The van der Waals surface area contributed by atoms with Crippen LogP contribution in [0.15, 0.2) is 61.2 Å². The molecule has 2 N–H and O–H groups in total. The number of nitrogens with one attached hydrogen (secondary N) is 1. The van der Waals surface area contributed by atoms with Crippen molar-refractivity contribution in [2.24, 2.45) is 17.8 Å². The van der Waals surface area contributed by atoms with Gasteiger partial charge in [0.15, 0.2) is 0 Å². The van der Waals surface area contributed by atoms with E-state index >= 15 is 0 Å². The van der Waals surface area contributed by atoms with Crippen molar-refractivity contribution in [2.45, 2.75) is 31.2 Å². The van der Waals surface area contributed by atoms with E-state index in [9.17, 15) is 14.4 Å².